The fraction of sp³-hybridized carbons (Fsp3) is 0.412. The summed E-state index contributed by atoms with van der Waals surface area (Å²) in [6, 6.07) is 8.06. The average Bonchev–Trinajstić information content (AvgIpc) is 2.48. The molecule has 3 nitrogen and oxygen atoms in total. The van der Waals surface area contributed by atoms with E-state index in [4.69, 9.17) is 5.26 Å². The van der Waals surface area contributed by atoms with Crippen molar-refractivity contribution >= 4 is 12.0 Å². The molecule has 2 rings (SSSR count). The molecule has 21 heavy (non-hydrogen) atoms. The highest BCUT2D eigenvalue weighted by atomic mass is 19.1. The highest BCUT2D eigenvalue weighted by molar-refractivity contribution is 6.01. The highest BCUT2D eigenvalue weighted by Gasteiger charge is 2.24. The molecule has 1 aliphatic carbocycles. The number of nitriles is 1. The molecule has 110 valence electrons. The summed E-state index contributed by atoms with van der Waals surface area (Å²) in [5.41, 5.74) is 0.193. The van der Waals surface area contributed by atoms with Gasteiger partial charge < -0.3 is 5.32 Å². The Morgan fingerprint density at radius 1 is 1.38 bits per heavy atom. The third kappa shape index (κ3) is 3.91. The van der Waals surface area contributed by atoms with Crippen LogP contribution in [0.5, 0.6) is 0 Å². The first-order valence-corrected chi connectivity index (χ1v) is 7.29. The maximum absolute atomic E-state index is 13.6. The number of amides is 1. The normalized spacial score (nSPS) is 22.4. The van der Waals surface area contributed by atoms with E-state index in [1.54, 1.807) is 18.2 Å². The number of hydrogen-bond acceptors (Lipinski definition) is 2. The van der Waals surface area contributed by atoms with Crippen molar-refractivity contribution in [3.8, 4) is 6.07 Å². The topological polar surface area (TPSA) is 52.9 Å². The lowest BCUT2D eigenvalue weighted by molar-refractivity contribution is -0.118. The summed E-state index contributed by atoms with van der Waals surface area (Å²) in [7, 11) is 0. The molecule has 0 aliphatic heterocycles. The van der Waals surface area contributed by atoms with Crippen LogP contribution in [0, 0.1) is 23.1 Å². The number of rotatable bonds is 3. The Bertz CT molecular complexity index is 589. The Kier molecular flexibility index (Phi) is 5.10. The van der Waals surface area contributed by atoms with Crippen LogP contribution in [-0.4, -0.2) is 11.9 Å². The fourth-order valence-electron chi connectivity index (χ4n) is 2.67. The average molecular weight is 286 g/mol. The number of benzene rings is 1. The van der Waals surface area contributed by atoms with Gasteiger partial charge in [-0.1, -0.05) is 38.0 Å². The number of nitrogens with one attached hydrogen (secondary N) is 1. The standard InChI is InChI=1S/C17H19FN2O/c1-12-6-2-5-9-16(12)20-17(21)14(11-19)10-13-7-3-4-8-15(13)18/h3-4,7-8,10,12,16H,2,5-6,9H2,1H3,(H,20,21)/b14-10+/t12-,16-/m1/s1. The molecular formula is C17H19FN2O. The zero-order valence-corrected chi connectivity index (χ0v) is 12.1. The summed E-state index contributed by atoms with van der Waals surface area (Å²) < 4.78 is 13.6. The van der Waals surface area contributed by atoms with Crippen LogP contribution in [-0.2, 0) is 4.79 Å². The summed E-state index contributed by atoms with van der Waals surface area (Å²) in [5.74, 6) is -0.445. The second kappa shape index (κ2) is 7.03. The quantitative estimate of drug-likeness (QED) is 0.683. The SMILES string of the molecule is C[C@@H]1CCCC[C@H]1NC(=O)/C(C#N)=C/c1ccccc1F. The van der Waals surface area contributed by atoms with Gasteiger partial charge in [0, 0.05) is 11.6 Å². The van der Waals surface area contributed by atoms with Gasteiger partial charge in [0.2, 0.25) is 0 Å². The van der Waals surface area contributed by atoms with Crippen molar-refractivity contribution in [2.24, 2.45) is 5.92 Å². The maximum atomic E-state index is 13.6. The van der Waals surface area contributed by atoms with Gasteiger partial charge in [0.25, 0.3) is 5.91 Å². The van der Waals surface area contributed by atoms with Gasteiger partial charge in [-0.25, -0.2) is 4.39 Å². The number of carbonyl (C=O) groups excluding carboxylic acids is 1. The van der Waals surface area contributed by atoms with E-state index < -0.39 is 11.7 Å². The summed E-state index contributed by atoms with van der Waals surface area (Å²) >= 11 is 0. The van der Waals surface area contributed by atoms with Crippen molar-refractivity contribution in [2.75, 3.05) is 0 Å². The van der Waals surface area contributed by atoms with Crippen molar-refractivity contribution < 1.29 is 9.18 Å². The molecule has 4 heteroatoms. The molecule has 0 spiro atoms. The fourth-order valence-corrected chi connectivity index (χ4v) is 2.67. The van der Waals surface area contributed by atoms with Crippen LogP contribution in [0.4, 0.5) is 4.39 Å². The third-order valence-electron chi connectivity index (χ3n) is 4.00. The lowest BCUT2D eigenvalue weighted by Crippen LogP contribution is -2.41. The van der Waals surface area contributed by atoms with Crippen molar-refractivity contribution in [2.45, 2.75) is 38.6 Å². The monoisotopic (exact) mass is 286 g/mol. The summed E-state index contributed by atoms with van der Waals surface area (Å²) in [6.07, 6.45) is 5.60. The number of carbonyl (C=O) groups is 1. The molecule has 1 aromatic carbocycles. The molecule has 2 atom stereocenters. The zero-order valence-electron chi connectivity index (χ0n) is 12.1. The Morgan fingerprint density at radius 2 is 2.10 bits per heavy atom. The molecule has 1 fully saturated rings. The number of nitrogens with zero attached hydrogens (tertiary/aromatic N) is 1. The lowest BCUT2D eigenvalue weighted by atomic mass is 9.86. The highest BCUT2D eigenvalue weighted by Crippen LogP contribution is 2.24. The van der Waals surface area contributed by atoms with Crippen LogP contribution in [0.3, 0.4) is 0 Å². The first-order chi connectivity index (χ1) is 10.1. The largest absolute Gasteiger partial charge is 0.348 e. The van der Waals surface area contributed by atoms with Gasteiger partial charge in [-0.2, -0.15) is 5.26 Å². The van der Waals surface area contributed by atoms with Crippen LogP contribution < -0.4 is 5.32 Å². The predicted molar refractivity (Wildman–Crippen MR) is 79.6 cm³/mol. The van der Waals surface area contributed by atoms with E-state index in [1.165, 1.54) is 18.6 Å². The number of hydrogen-bond donors (Lipinski definition) is 1. The van der Waals surface area contributed by atoms with Gasteiger partial charge in [0.1, 0.15) is 17.5 Å². The maximum Gasteiger partial charge on any atom is 0.262 e. The van der Waals surface area contributed by atoms with Crippen LogP contribution in [0.25, 0.3) is 6.08 Å². The van der Waals surface area contributed by atoms with Crippen molar-refractivity contribution in [1.29, 1.82) is 5.26 Å². The lowest BCUT2D eigenvalue weighted by Gasteiger charge is -2.29. The molecule has 0 heterocycles. The minimum atomic E-state index is -0.441. The van der Waals surface area contributed by atoms with E-state index in [-0.39, 0.29) is 17.2 Å². The van der Waals surface area contributed by atoms with Gasteiger partial charge in [-0.3, -0.25) is 4.79 Å². The molecule has 0 saturated heterocycles. The van der Waals surface area contributed by atoms with E-state index in [9.17, 15) is 9.18 Å². The van der Waals surface area contributed by atoms with E-state index in [0.29, 0.717) is 5.92 Å². The van der Waals surface area contributed by atoms with Crippen LogP contribution in [0.15, 0.2) is 29.8 Å². The molecule has 1 amide bonds. The predicted octanol–water partition coefficient (Wildman–Crippen LogP) is 3.43. The van der Waals surface area contributed by atoms with E-state index in [0.717, 1.165) is 19.3 Å². The molecule has 1 aliphatic rings. The minimum absolute atomic E-state index is 0.0575. The first-order valence-electron chi connectivity index (χ1n) is 7.29. The Morgan fingerprint density at radius 3 is 2.76 bits per heavy atom. The summed E-state index contributed by atoms with van der Waals surface area (Å²) in [6.45, 7) is 2.11. The zero-order chi connectivity index (χ0) is 15.2. The Hall–Kier alpha value is -2.15. The van der Waals surface area contributed by atoms with Gasteiger partial charge >= 0.3 is 0 Å². The molecule has 1 aromatic rings. The Balaban J connectivity index is 2.12. The molecule has 1 N–H and O–H groups in total. The van der Waals surface area contributed by atoms with E-state index >= 15 is 0 Å². The van der Waals surface area contributed by atoms with Gasteiger partial charge in [-0.05, 0) is 30.9 Å². The third-order valence-corrected chi connectivity index (χ3v) is 4.00. The first kappa shape index (κ1) is 15.2. The van der Waals surface area contributed by atoms with Crippen molar-refractivity contribution in [1.82, 2.24) is 5.32 Å². The van der Waals surface area contributed by atoms with Crippen LogP contribution >= 0.6 is 0 Å². The summed E-state index contributed by atoms with van der Waals surface area (Å²) in [4.78, 5) is 12.2. The van der Waals surface area contributed by atoms with Crippen LogP contribution in [0.2, 0.25) is 0 Å². The summed E-state index contributed by atoms with van der Waals surface area (Å²) in [5, 5.41) is 12.0. The molecular weight excluding hydrogens is 267 g/mol. The van der Waals surface area contributed by atoms with E-state index in [2.05, 4.69) is 12.2 Å². The van der Waals surface area contributed by atoms with Gasteiger partial charge in [0.15, 0.2) is 0 Å². The van der Waals surface area contributed by atoms with Crippen LogP contribution in [0.1, 0.15) is 38.2 Å². The second-order valence-electron chi connectivity index (χ2n) is 5.53. The van der Waals surface area contributed by atoms with Crippen molar-refractivity contribution in [3.63, 3.8) is 0 Å². The molecule has 0 radical (unpaired) electrons. The van der Waals surface area contributed by atoms with Gasteiger partial charge in [-0.15, -0.1) is 0 Å². The molecule has 0 bridgehead atoms. The second-order valence-corrected chi connectivity index (χ2v) is 5.53. The molecule has 1 saturated carbocycles. The molecule has 0 unspecified atom stereocenters. The van der Waals surface area contributed by atoms with E-state index in [1.807, 2.05) is 6.07 Å². The van der Waals surface area contributed by atoms with Gasteiger partial charge in [0.05, 0.1) is 0 Å². The number of halogens is 1. The molecule has 0 aromatic heterocycles. The smallest absolute Gasteiger partial charge is 0.262 e. The minimum Gasteiger partial charge on any atom is -0.348 e. The van der Waals surface area contributed by atoms with Crippen molar-refractivity contribution in [3.05, 3.63) is 41.2 Å². The Labute approximate surface area is 124 Å².